The van der Waals surface area contributed by atoms with Gasteiger partial charge in [0.1, 0.15) is 5.78 Å². The van der Waals surface area contributed by atoms with Gasteiger partial charge in [0.05, 0.1) is 6.10 Å². The molecule has 2 nitrogen and oxygen atoms in total. The molecule has 0 aromatic rings. The molecule has 0 amide bonds. The topological polar surface area (TPSA) is 37.3 Å². The minimum Gasteiger partial charge on any atom is -0.393 e. The summed E-state index contributed by atoms with van der Waals surface area (Å²) in [6, 6.07) is 0. The molecule has 0 saturated heterocycles. The van der Waals surface area contributed by atoms with E-state index in [2.05, 4.69) is 0 Å². The Morgan fingerprint density at radius 2 is 1.06 bits per heavy atom. The van der Waals surface area contributed by atoms with E-state index in [0.717, 1.165) is 38.5 Å². The van der Waals surface area contributed by atoms with E-state index in [0.29, 0.717) is 5.78 Å². The molecule has 0 spiro atoms. The predicted octanol–water partition coefficient (Wildman–Crippen LogP) is 4.39. The molecule has 0 heterocycles. The van der Waals surface area contributed by atoms with Gasteiger partial charge in [-0.15, -0.1) is 0 Å². The van der Waals surface area contributed by atoms with Gasteiger partial charge in [-0.05, 0) is 25.7 Å². The van der Waals surface area contributed by atoms with E-state index in [4.69, 9.17) is 0 Å². The van der Waals surface area contributed by atoms with Crippen LogP contribution in [0.1, 0.15) is 89.9 Å². The van der Waals surface area contributed by atoms with Crippen LogP contribution in [0.4, 0.5) is 0 Å². The number of carbonyl (C=O) groups excluding carboxylic acids is 1. The third-order valence-corrected chi connectivity index (χ3v) is 3.99. The quantitative estimate of drug-likeness (QED) is 0.696. The second-order valence-electron chi connectivity index (χ2n) is 5.81. The van der Waals surface area contributed by atoms with Crippen LogP contribution in [0.15, 0.2) is 0 Å². The molecule has 2 rings (SSSR count). The third-order valence-electron chi connectivity index (χ3n) is 3.99. The lowest BCUT2D eigenvalue weighted by molar-refractivity contribution is -0.119. The summed E-state index contributed by atoms with van der Waals surface area (Å²) >= 11 is 0. The lowest BCUT2D eigenvalue weighted by Gasteiger charge is -2.13. The van der Waals surface area contributed by atoms with Crippen molar-refractivity contribution >= 4 is 5.78 Å². The summed E-state index contributed by atoms with van der Waals surface area (Å²) in [5.41, 5.74) is 0. The fraction of sp³-hybridized carbons (Fsp3) is 0.938. The highest BCUT2D eigenvalue weighted by molar-refractivity contribution is 5.78. The van der Waals surface area contributed by atoms with E-state index in [-0.39, 0.29) is 6.10 Å². The Bertz CT molecular complexity index is 195. The van der Waals surface area contributed by atoms with Gasteiger partial charge in [-0.2, -0.15) is 0 Å². The van der Waals surface area contributed by atoms with Crippen molar-refractivity contribution in [3.8, 4) is 0 Å². The minimum absolute atomic E-state index is 0.0188. The van der Waals surface area contributed by atoms with Gasteiger partial charge in [0.15, 0.2) is 0 Å². The van der Waals surface area contributed by atoms with Gasteiger partial charge >= 0.3 is 0 Å². The van der Waals surface area contributed by atoms with E-state index in [1.807, 2.05) is 0 Å². The molecule has 18 heavy (non-hydrogen) atoms. The molecule has 0 unspecified atom stereocenters. The Kier molecular flexibility index (Phi) is 9.19. The highest BCUT2D eigenvalue weighted by atomic mass is 16.3. The monoisotopic (exact) mass is 254 g/mol. The molecule has 106 valence electrons. The minimum atomic E-state index is 0.0188. The van der Waals surface area contributed by atoms with Crippen molar-refractivity contribution < 1.29 is 9.90 Å². The molecule has 2 fully saturated rings. The summed E-state index contributed by atoms with van der Waals surface area (Å²) in [5.74, 6) is 0.481. The van der Waals surface area contributed by atoms with Crippen LogP contribution in [0, 0.1) is 0 Å². The van der Waals surface area contributed by atoms with Crippen molar-refractivity contribution in [2.75, 3.05) is 0 Å². The SMILES string of the molecule is O=C1CCCCCCC1.OC1CCCCCCC1. The van der Waals surface area contributed by atoms with Gasteiger partial charge in [-0.1, -0.05) is 51.4 Å². The number of hydrogen-bond donors (Lipinski definition) is 1. The molecule has 2 heteroatoms. The van der Waals surface area contributed by atoms with Gasteiger partial charge < -0.3 is 5.11 Å². The largest absolute Gasteiger partial charge is 0.393 e. The number of carbonyl (C=O) groups is 1. The van der Waals surface area contributed by atoms with Crippen molar-refractivity contribution in [3.05, 3.63) is 0 Å². The zero-order valence-electron chi connectivity index (χ0n) is 11.8. The van der Waals surface area contributed by atoms with Crippen LogP contribution in [0.2, 0.25) is 0 Å². The zero-order chi connectivity index (χ0) is 13.1. The summed E-state index contributed by atoms with van der Waals surface area (Å²) < 4.78 is 0. The molecule has 0 aromatic heterocycles. The van der Waals surface area contributed by atoms with E-state index < -0.39 is 0 Å². The highest BCUT2D eigenvalue weighted by Crippen LogP contribution is 2.16. The zero-order valence-corrected chi connectivity index (χ0v) is 11.8. The smallest absolute Gasteiger partial charge is 0.132 e. The average Bonchev–Trinajstić information content (AvgIpc) is 2.30. The van der Waals surface area contributed by atoms with Crippen LogP contribution in [0.3, 0.4) is 0 Å². The fourth-order valence-corrected chi connectivity index (χ4v) is 2.73. The molecule has 0 radical (unpaired) electrons. The number of hydrogen-bond acceptors (Lipinski definition) is 2. The summed E-state index contributed by atoms with van der Waals surface area (Å²) in [6.45, 7) is 0. The highest BCUT2D eigenvalue weighted by Gasteiger charge is 2.06. The van der Waals surface area contributed by atoms with Crippen LogP contribution in [0.25, 0.3) is 0 Å². The van der Waals surface area contributed by atoms with Crippen LogP contribution in [0.5, 0.6) is 0 Å². The predicted molar refractivity (Wildman–Crippen MR) is 75.7 cm³/mol. The standard InChI is InChI=1S/C8H16O.C8H14O/c2*9-8-6-4-2-1-3-5-7-8/h8-9H,1-7H2;1-7H2. The van der Waals surface area contributed by atoms with Gasteiger partial charge in [0.2, 0.25) is 0 Å². The molecule has 0 aliphatic heterocycles. The Hall–Kier alpha value is -0.370. The average molecular weight is 254 g/mol. The lowest BCUT2D eigenvalue weighted by atomic mass is 9.99. The molecule has 2 aliphatic rings. The van der Waals surface area contributed by atoms with E-state index in [1.54, 1.807) is 0 Å². The van der Waals surface area contributed by atoms with Crippen molar-refractivity contribution in [1.29, 1.82) is 0 Å². The number of rotatable bonds is 0. The summed E-state index contributed by atoms with van der Waals surface area (Å²) in [4.78, 5) is 10.8. The molecule has 2 saturated carbocycles. The van der Waals surface area contributed by atoms with E-state index in [9.17, 15) is 9.90 Å². The first kappa shape index (κ1) is 15.7. The molecule has 1 N–H and O–H groups in total. The first-order valence-corrected chi connectivity index (χ1v) is 7.99. The Morgan fingerprint density at radius 1 is 0.667 bits per heavy atom. The third kappa shape index (κ3) is 8.68. The lowest BCUT2D eigenvalue weighted by Crippen LogP contribution is -2.07. The molecule has 2 aliphatic carbocycles. The van der Waals surface area contributed by atoms with Crippen LogP contribution in [-0.2, 0) is 4.79 Å². The first-order valence-electron chi connectivity index (χ1n) is 7.99. The van der Waals surface area contributed by atoms with Crippen LogP contribution in [-0.4, -0.2) is 17.0 Å². The van der Waals surface area contributed by atoms with Crippen molar-refractivity contribution in [1.82, 2.24) is 0 Å². The Balaban J connectivity index is 0.000000180. The summed E-state index contributed by atoms with van der Waals surface area (Å²) in [5, 5.41) is 9.21. The van der Waals surface area contributed by atoms with Crippen molar-refractivity contribution in [3.63, 3.8) is 0 Å². The molecule has 0 bridgehead atoms. The maximum atomic E-state index is 10.8. The summed E-state index contributed by atoms with van der Waals surface area (Å²) in [7, 11) is 0. The van der Waals surface area contributed by atoms with Crippen LogP contribution < -0.4 is 0 Å². The Morgan fingerprint density at radius 3 is 1.56 bits per heavy atom. The normalized spacial score (nSPS) is 23.9. The van der Waals surface area contributed by atoms with Crippen molar-refractivity contribution in [2.24, 2.45) is 0 Å². The molecular weight excluding hydrogens is 224 g/mol. The fourth-order valence-electron chi connectivity index (χ4n) is 2.73. The Labute approximate surface area is 112 Å². The molecule has 0 atom stereocenters. The number of ketones is 1. The van der Waals surface area contributed by atoms with Crippen LogP contribution >= 0.6 is 0 Å². The van der Waals surface area contributed by atoms with Gasteiger partial charge in [-0.25, -0.2) is 0 Å². The first-order chi connectivity index (χ1) is 8.79. The summed E-state index contributed by atoms with van der Waals surface area (Å²) in [6.07, 6.45) is 16.5. The van der Waals surface area contributed by atoms with Gasteiger partial charge in [0.25, 0.3) is 0 Å². The maximum absolute atomic E-state index is 10.8. The van der Waals surface area contributed by atoms with E-state index in [1.165, 1.54) is 51.4 Å². The number of aliphatic hydroxyl groups is 1. The number of Topliss-reactive ketones (excluding diaryl/α,β-unsaturated/α-hetero) is 1. The number of aliphatic hydroxyl groups excluding tert-OH is 1. The van der Waals surface area contributed by atoms with Gasteiger partial charge in [0, 0.05) is 12.8 Å². The van der Waals surface area contributed by atoms with Gasteiger partial charge in [-0.3, -0.25) is 4.79 Å². The maximum Gasteiger partial charge on any atom is 0.132 e. The van der Waals surface area contributed by atoms with E-state index >= 15 is 0 Å². The second-order valence-corrected chi connectivity index (χ2v) is 5.81. The molecular formula is C16H30O2. The molecule has 0 aromatic carbocycles. The van der Waals surface area contributed by atoms with Crippen molar-refractivity contribution in [2.45, 2.75) is 96.0 Å². The second kappa shape index (κ2) is 10.5.